The average Bonchev–Trinajstić information content (AvgIpc) is 2.53. The number of hydrogen-bond acceptors (Lipinski definition) is 0. The van der Waals surface area contributed by atoms with Crippen LogP contribution in [-0.2, 0) is 0 Å². The van der Waals surface area contributed by atoms with Crippen LogP contribution in [0.5, 0.6) is 0 Å². The molecule has 0 bridgehead atoms. The van der Waals surface area contributed by atoms with E-state index in [1.165, 1.54) is 107 Å². The molecule has 0 aromatic rings. The first kappa shape index (κ1) is 26.2. The Hall–Kier alpha value is 0.920. The zero-order chi connectivity index (χ0) is 16.5. The zero-order valence-electron chi connectivity index (χ0n) is 16.2. The molecule has 0 aliphatic rings. The minimum absolute atomic E-state index is 0. The summed E-state index contributed by atoms with van der Waals surface area (Å²) < 4.78 is 1.23. The van der Waals surface area contributed by atoms with Gasteiger partial charge in [-0.3, -0.25) is 0 Å². The Bertz CT molecular complexity index is 204. The molecule has 0 aromatic carbocycles. The van der Waals surface area contributed by atoms with Crippen LogP contribution in [0.25, 0.3) is 0 Å². The van der Waals surface area contributed by atoms with Crippen molar-refractivity contribution in [1.29, 1.82) is 0 Å². The van der Waals surface area contributed by atoms with Crippen molar-refractivity contribution in [2.45, 2.75) is 104 Å². The fourth-order valence-electron chi connectivity index (χ4n) is 3.13. The normalized spacial score (nSPS) is 11.5. The highest BCUT2D eigenvalue weighted by molar-refractivity contribution is 9.09. The van der Waals surface area contributed by atoms with E-state index in [9.17, 15) is 0 Å². The van der Waals surface area contributed by atoms with Crippen LogP contribution in [0.4, 0.5) is 0 Å². The minimum atomic E-state index is 0. The van der Waals surface area contributed by atoms with Crippen LogP contribution in [0.2, 0.25) is 0 Å². The summed E-state index contributed by atoms with van der Waals surface area (Å²) in [7, 11) is 2.43. The van der Waals surface area contributed by atoms with E-state index in [0.29, 0.717) is 0 Å². The summed E-state index contributed by atoms with van der Waals surface area (Å²) in [5.74, 6) is 0. The van der Waals surface area contributed by atoms with E-state index in [1.54, 1.807) is 0 Å². The van der Waals surface area contributed by atoms with Crippen molar-refractivity contribution in [3.63, 3.8) is 0 Å². The van der Waals surface area contributed by atoms with Crippen molar-refractivity contribution in [2.75, 3.05) is 25.6 Å². The first-order valence-electron chi connectivity index (χ1n) is 10.1. The minimum Gasteiger partial charge on any atom is -1.00 e. The monoisotopic (exact) mass is 455 g/mol. The smallest absolute Gasteiger partial charge is 0.134 e. The fourth-order valence-corrected chi connectivity index (χ4v) is 3.63. The Labute approximate surface area is 166 Å². The third-order valence-electron chi connectivity index (χ3n) is 4.89. The molecule has 3 heteroatoms. The summed E-state index contributed by atoms with van der Waals surface area (Å²) in [6.07, 6.45) is 19.9. The summed E-state index contributed by atoms with van der Waals surface area (Å²) in [6, 6.07) is 0. The van der Waals surface area contributed by atoms with Gasteiger partial charge in [-0.15, -0.1) is 0 Å². The van der Waals surface area contributed by atoms with Gasteiger partial charge in [-0.1, -0.05) is 78.1 Å². The van der Waals surface area contributed by atoms with Crippen LogP contribution in [0, 0.1) is 0 Å². The van der Waals surface area contributed by atoms with Crippen LogP contribution in [-0.4, -0.2) is 30.1 Å². The summed E-state index contributed by atoms with van der Waals surface area (Å²) in [5, 5.41) is 0. The van der Waals surface area contributed by atoms with E-state index in [1.807, 2.05) is 0 Å². The highest BCUT2D eigenvalue weighted by Gasteiger charge is 2.18. The van der Waals surface area contributed by atoms with Crippen LogP contribution in [0.3, 0.4) is 0 Å². The van der Waals surface area contributed by atoms with Gasteiger partial charge in [0.15, 0.2) is 0 Å². The van der Waals surface area contributed by atoms with Gasteiger partial charge < -0.3 is 21.5 Å². The quantitative estimate of drug-likeness (QED) is 0.132. The maximum Gasteiger partial charge on any atom is 0.134 e. The van der Waals surface area contributed by atoms with Gasteiger partial charge in [0.2, 0.25) is 0 Å². The van der Waals surface area contributed by atoms with E-state index >= 15 is 0 Å². The number of halogens is 2. The van der Waals surface area contributed by atoms with Crippen molar-refractivity contribution < 1.29 is 21.5 Å². The van der Waals surface area contributed by atoms with Crippen molar-refractivity contribution in [3.8, 4) is 0 Å². The van der Waals surface area contributed by atoms with Crippen molar-refractivity contribution >= 4 is 15.9 Å². The van der Waals surface area contributed by atoms with Crippen LogP contribution >= 0.6 is 15.9 Å². The van der Waals surface area contributed by atoms with Gasteiger partial charge in [-0.25, -0.2) is 0 Å². The Morgan fingerprint density at radius 1 is 0.565 bits per heavy atom. The maximum absolute atomic E-state index is 3.75. The Kier molecular flexibility index (Phi) is 21.9. The summed E-state index contributed by atoms with van der Waals surface area (Å²) in [6.45, 7) is 7.30. The van der Waals surface area contributed by atoms with Gasteiger partial charge in [0.05, 0.1) is 20.1 Å². The Morgan fingerprint density at radius 2 is 0.870 bits per heavy atom. The molecular formula is C20H43Br2N. The molecule has 1 nitrogen and oxygen atoms in total. The lowest BCUT2D eigenvalue weighted by molar-refractivity contribution is -0.896. The van der Waals surface area contributed by atoms with E-state index < -0.39 is 0 Å². The molecule has 0 spiro atoms. The molecule has 0 saturated heterocycles. The largest absolute Gasteiger partial charge is 1.00 e. The Balaban J connectivity index is 0. The van der Waals surface area contributed by atoms with Gasteiger partial charge in [-0.2, -0.15) is 0 Å². The second-order valence-corrected chi connectivity index (χ2v) is 7.93. The standard InChI is InChI=1S/C20H43BrN.BrH/c1-4-6-8-10-12-14-16-18-22(3,20-21)19-17-15-13-11-9-7-5-2;/h4-20H2,1-3H3;1H/q+1;/p-1. The third-order valence-corrected chi connectivity index (χ3v) is 6.10. The molecule has 0 heterocycles. The SMILES string of the molecule is CCCCCCCCC[N+](C)(CBr)CCCCCCCCC.[Br-]. The predicted molar refractivity (Wildman–Crippen MR) is 106 cm³/mol. The van der Waals surface area contributed by atoms with Crippen molar-refractivity contribution in [1.82, 2.24) is 0 Å². The van der Waals surface area contributed by atoms with E-state index in [-0.39, 0.29) is 17.0 Å². The van der Waals surface area contributed by atoms with Gasteiger partial charge in [0, 0.05) is 0 Å². The van der Waals surface area contributed by atoms with Gasteiger partial charge >= 0.3 is 0 Å². The highest BCUT2D eigenvalue weighted by atomic mass is 79.9. The second kappa shape index (κ2) is 19.2. The molecule has 0 saturated carbocycles. The Morgan fingerprint density at radius 3 is 1.17 bits per heavy atom. The van der Waals surface area contributed by atoms with Crippen LogP contribution < -0.4 is 17.0 Å². The van der Waals surface area contributed by atoms with Gasteiger partial charge in [0.25, 0.3) is 0 Å². The molecule has 0 N–H and O–H groups in total. The molecule has 0 radical (unpaired) electrons. The lowest BCUT2D eigenvalue weighted by Gasteiger charge is -2.32. The van der Waals surface area contributed by atoms with E-state index in [2.05, 4.69) is 36.8 Å². The summed E-state index contributed by atoms with van der Waals surface area (Å²) >= 11 is 3.75. The second-order valence-electron chi connectivity index (χ2n) is 7.43. The number of quaternary nitrogens is 1. The molecule has 0 amide bonds. The molecular weight excluding hydrogens is 414 g/mol. The topological polar surface area (TPSA) is 0 Å². The van der Waals surface area contributed by atoms with Crippen molar-refractivity contribution in [2.24, 2.45) is 0 Å². The third kappa shape index (κ3) is 17.5. The molecule has 0 atom stereocenters. The summed E-state index contributed by atoms with van der Waals surface area (Å²) in [5.41, 5.74) is 1.12. The number of hydrogen-bond donors (Lipinski definition) is 0. The van der Waals surface area contributed by atoms with Crippen LogP contribution in [0.1, 0.15) is 104 Å². The van der Waals surface area contributed by atoms with Gasteiger partial charge in [-0.05, 0) is 41.6 Å². The zero-order valence-corrected chi connectivity index (χ0v) is 19.4. The van der Waals surface area contributed by atoms with Crippen LogP contribution in [0.15, 0.2) is 0 Å². The molecule has 0 unspecified atom stereocenters. The number of alkyl halides is 1. The molecule has 0 rings (SSSR count). The number of nitrogens with zero attached hydrogens (tertiary/aromatic N) is 1. The molecule has 142 valence electrons. The maximum atomic E-state index is 3.75. The predicted octanol–water partition coefficient (Wildman–Crippen LogP) is 4.29. The molecule has 0 aromatic heterocycles. The number of unbranched alkanes of at least 4 members (excludes halogenated alkanes) is 12. The highest BCUT2D eigenvalue weighted by Crippen LogP contribution is 2.15. The van der Waals surface area contributed by atoms with E-state index in [0.717, 1.165) is 5.45 Å². The molecule has 0 fully saturated rings. The first-order valence-corrected chi connectivity index (χ1v) is 11.2. The fraction of sp³-hybridized carbons (Fsp3) is 1.00. The summed E-state index contributed by atoms with van der Waals surface area (Å²) in [4.78, 5) is 0. The molecule has 23 heavy (non-hydrogen) atoms. The lowest BCUT2D eigenvalue weighted by Crippen LogP contribution is -3.00. The lowest BCUT2D eigenvalue weighted by atomic mass is 10.1. The molecule has 0 aliphatic heterocycles. The average molecular weight is 457 g/mol. The number of rotatable bonds is 17. The van der Waals surface area contributed by atoms with E-state index in [4.69, 9.17) is 0 Å². The first-order chi connectivity index (χ1) is 10.7. The molecule has 0 aliphatic carbocycles. The van der Waals surface area contributed by atoms with Crippen molar-refractivity contribution in [3.05, 3.63) is 0 Å². The van der Waals surface area contributed by atoms with Gasteiger partial charge in [0.1, 0.15) is 5.45 Å².